The third-order valence-electron chi connectivity index (χ3n) is 8.87. The molecule has 4 aromatic carbocycles. The number of amides is 4. The van der Waals surface area contributed by atoms with Crippen molar-refractivity contribution in [2.24, 2.45) is 5.73 Å². The van der Waals surface area contributed by atoms with Gasteiger partial charge in [-0.05, 0) is 58.5 Å². The molecule has 0 aromatic heterocycles. The first-order valence-corrected chi connectivity index (χ1v) is 17.9. The second-order valence-electron chi connectivity index (χ2n) is 12.7. The Morgan fingerprint density at radius 3 is 1.98 bits per heavy atom. The molecule has 7 N–H and O–H groups in total. The quantitative estimate of drug-likeness (QED) is 0.106. The zero-order chi connectivity index (χ0) is 37.2. The maximum absolute atomic E-state index is 14.2. The molecule has 0 bridgehead atoms. The summed E-state index contributed by atoms with van der Waals surface area (Å²) in [5.41, 5.74) is 10.8. The number of nitrogens with zero attached hydrogens (tertiary/aromatic N) is 1. The highest BCUT2D eigenvalue weighted by Gasteiger charge is 2.38. The molecule has 1 heterocycles. The van der Waals surface area contributed by atoms with Crippen LogP contribution in [0.15, 0.2) is 103 Å². The van der Waals surface area contributed by atoms with Gasteiger partial charge in [0.2, 0.25) is 23.6 Å². The van der Waals surface area contributed by atoms with Crippen molar-refractivity contribution in [1.29, 1.82) is 0 Å². The zero-order valence-electron chi connectivity index (χ0n) is 28.2. The topological polar surface area (TPSA) is 191 Å². The lowest BCUT2D eigenvalue weighted by molar-refractivity contribution is -0.144. The van der Waals surface area contributed by atoms with Gasteiger partial charge in [0.1, 0.15) is 23.9 Å². The molecule has 12 nitrogen and oxygen atoms in total. The summed E-state index contributed by atoms with van der Waals surface area (Å²) in [6.45, 7) is 0.131. The van der Waals surface area contributed by atoms with Crippen LogP contribution >= 0.6 is 15.9 Å². The van der Waals surface area contributed by atoms with Crippen LogP contribution in [-0.4, -0.2) is 74.2 Å². The highest BCUT2D eigenvalue weighted by Crippen LogP contribution is 2.25. The summed E-state index contributed by atoms with van der Waals surface area (Å²) in [6, 6.07) is 25.0. The lowest BCUT2D eigenvalue weighted by atomic mass is 9.92. The molecule has 1 aliphatic heterocycles. The number of hydrogen-bond donors (Lipinski definition) is 6. The number of halogens is 1. The van der Waals surface area contributed by atoms with Crippen LogP contribution in [0.4, 0.5) is 5.69 Å². The van der Waals surface area contributed by atoms with Crippen LogP contribution in [0.1, 0.15) is 27.8 Å². The molecular weight excluding hydrogens is 730 g/mol. The molecule has 1 aliphatic rings. The van der Waals surface area contributed by atoms with Crippen LogP contribution < -0.4 is 21.7 Å². The maximum atomic E-state index is 14.2. The van der Waals surface area contributed by atoms with Crippen molar-refractivity contribution < 1.29 is 34.2 Å². The van der Waals surface area contributed by atoms with Crippen molar-refractivity contribution in [2.75, 3.05) is 10.6 Å². The number of alkyl halides is 1. The van der Waals surface area contributed by atoms with E-state index in [1.165, 1.54) is 17.0 Å². The number of rotatable bonds is 14. The number of anilines is 1. The fourth-order valence-corrected chi connectivity index (χ4v) is 6.27. The Kier molecular flexibility index (Phi) is 12.8. The van der Waals surface area contributed by atoms with Gasteiger partial charge >= 0.3 is 5.97 Å². The Hall–Kier alpha value is -5.53. The first kappa shape index (κ1) is 37.7. The largest absolute Gasteiger partial charge is 0.508 e. The van der Waals surface area contributed by atoms with E-state index in [0.717, 1.165) is 22.3 Å². The Morgan fingerprint density at radius 2 is 1.33 bits per heavy atom. The fraction of sp³-hybridized carbons (Fsp3) is 0.256. The van der Waals surface area contributed by atoms with E-state index in [2.05, 4.69) is 31.9 Å². The molecule has 270 valence electrons. The molecule has 13 heteroatoms. The molecular formula is C39H40BrN5O7. The van der Waals surface area contributed by atoms with Crippen LogP contribution in [0.3, 0.4) is 0 Å². The van der Waals surface area contributed by atoms with Crippen LogP contribution in [0, 0.1) is 0 Å². The third-order valence-corrected chi connectivity index (χ3v) is 9.38. The van der Waals surface area contributed by atoms with Gasteiger partial charge in [0.05, 0.1) is 11.4 Å². The van der Waals surface area contributed by atoms with Crippen molar-refractivity contribution in [1.82, 2.24) is 15.5 Å². The predicted octanol–water partition coefficient (Wildman–Crippen LogP) is 3.09. The lowest BCUT2D eigenvalue weighted by Crippen LogP contribution is -2.60. The number of aromatic hydroxyl groups is 1. The highest BCUT2D eigenvalue weighted by atomic mass is 79.9. The number of benzene rings is 4. The second-order valence-corrected chi connectivity index (χ2v) is 13.2. The fourth-order valence-electron chi connectivity index (χ4n) is 6.13. The number of fused-ring (bicyclic) bond motifs is 1. The van der Waals surface area contributed by atoms with Gasteiger partial charge in [-0.3, -0.25) is 19.2 Å². The minimum absolute atomic E-state index is 0.0552. The third kappa shape index (κ3) is 10.0. The number of phenols is 1. The summed E-state index contributed by atoms with van der Waals surface area (Å²) < 4.78 is 0. The van der Waals surface area contributed by atoms with Gasteiger partial charge in [-0.2, -0.15) is 0 Å². The van der Waals surface area contributed by atoms with E-state index in [4.69, 9.17) is 5.73 Å². The summed E-state index contributed by atoms with van der Waals surface area (Å²) in [7, 11) is 0. The first-order valence-electron chi connectivity index (χ1n) is 16.7. The normalized spacial score (nSPS) is 15.3. The van der Waals surface area contributed by atoms with Crippen molar-refractivity contribution >= 4 is 51.2 Å². The number of carbonyl (C=O) groups is 5. The summed E-state index contributed by atoms with van der Waals surface area (Å²) in [6.07, 6.45) is 0.364. The van der Waals surface area contributed by atoms with E-state index in [0.29, 0.717) is 11.3 Å². The van der Waals surface area contributed by atoms with Gasteiger partial charge in [-0.25, -0.2) is 4.79 Å². The molecule has 4 amide bonds. The molecule has 52 heavy (non-hydrogen) atoms. The number of hydrogen-bond acceptors (Lipinski definition) is 7. The Bertz CT molecular complexity index is 1890. The van der Waals surface area contributed by atoms with E-state index in [1.54, 1.807) is 60.7 Å². The van der Waals surface area contributed by atoms with Crippen LogP contribution in [0.2, 0.25) is 0 Å². The molecule has 0 fully saturated rings. The van der Waals surface area contributed by atoms with Crippen LogP contribution in [0.5, 0.6) is 5.75 Å². The van der Waals surface area contributed by atoms with Crippen LogP contribution in [-0.2, 0) is 56.2 Å². The number of carbonyl (C=O) groups excluding carboxylic acids is 4. The van der Waals surface area contributed by atoms with E-state index in [9.17, 15) is 34.2 Å². The summed E-state index contributed by atoms with van der Waals surface area (Å²) >= 11 is 3.09. The van der Waals surface area contributed by atoms with E-state index in [-0.39, 0.29) is 49.2 Å². The molecule has 4 atom stereocenters. The Labute approximate surface area is 309 Å². The summed E-state index contributed by atoms with van der Waals surface area (Å²) in [5, 5.41) is 28.0. The molecule has 5 rings (SSSR count). The molecule has 0 aliphatic carbocycles. The SMILES string of the molecule is N[C@@H](Cc1ccc(O)cc1)C(=O)N1Cc2ccccc2C[C@H]1C(=O)N[C@@H](Cc1ccccc1)C(=O)N[C@@H](Cc1ccc(NC(=O)CBr)cc1)C(=O)O. The van der Waals surface area contributed by atoms with Gasteiger partial charge in [-0.1, -0.05) is 94.8 Å². The zero-order valence-corrected chi connectivity index (χ0v) is 29.8. The van der Waals surface area contributed by atoms with E-state index in [1.807, 2.05) is 30.3 Å². The van der Waals surface area contributed by atoms with Crippen molar-refractivity contribution in [3.63, 3.8) is 0 Å². The second kappa shape index (κ2) is 17.6. The van der Waals surface area contributed by atoms with Crippen LogP contribution in [0.25, 0.3) is 0 Å². The number of carboxylic acids is 1. The smallest absolute Gasteiger partial charge is 0.326 e. The number of carboxylic acid groups (broad SMARTS) is 1. The minimum Gasteiger partial charge on any atom is -0.508 e. The Morgan fingerprint density at radius 1 is 0.750 bits per heavy atom. The van der Waals surface area contributed by atoms with Gasteiger partial charge in [-0.15, -0.1) is 0 Å². The van der Waals surface area contributed by atoms with E-state index < -0.39 is 47.9 Å². The average Bonchev–Trinajstić information content (AvgIpc) is 3.15. The highest BCUT2D eigenvalue weighted by molar-refractivity contribution is 9.09. The van der Waals surface area contributed by atoms with Crippen molar-refractivity contribution in [3.05, 3.63) is 131 Å². The molecule has 0 spiro atoms. The monoisotopic (exact) mass is 769 g/mol. The van der Waals surface area contributed by atoms with Crippen molar-refractivity contribution in [3.8, 4) is 5.75 Å². The standard InChI is InChI=1S/C39H40BrN5O7/c40-22-35(47)42-29-14-10-26(11-15-29)20-33(39(51)52)44-36(48)32(19-24-6-2-1-3-7-24)43-37(49)34-21-27-8-4-5-9-28(27)23-45(34)38(50)31(41)18-25-12-16-30(46)17-13-25/h1-17,31-34,46H,18-23,41H2,(H,42,47)(H,43,49)(H,44,48)(H,51,52)/t31-,32-,33-,34-/m0/s1. The minimum atomic E-state index is -1.33. The van der Waals surface area contributed by atoms with Crippen molar-refractivity contribution in [2.45, 2.75) is 56.4 Å². The number of nitrogens with two attached hydrogens (primary N) is 1. The summed E-state index contributed by atoms with van der Waals surface area (Å²) in [5.74, 6) is -3.15. The van der Waals surface area contributed by atoms with Gasteiger partial charge < -0.3 is 36.8 Å². The first-order chi connectivity index (χ1) is 25.0. The Balaban J connectivity index is 1.35. The number of phenolic OH excluding ortho intramolecular Hbond substituents is 1. The van der Waals surface area contributed by atoms with E-state index >= 15 is 0 Å². The lowest BCUT2D eigenvalue weighted by Gasteiger charge is -2.38. The van der Waals surface area contributed by atoms with Gasteiger partial charge in [0, 0.05) is 31.5 Å². The van der Waals surface area contributed by atoms with Gasteiger partial charge in [0.15, 0.2) is 0 Å². The predicted molar refractivity (Wildman–Crippen MR) is 198 cm³/mol. The molecule has 0 saturated carbocycles. The number of nitrogens with one attached hydrogen (secondary N) is 3. The molecule has 0 radical (unpaired) electrons. The summed E-state index contributed by atoms with van der Waals surface area (Å²) in [4.78, 5) is 67.4. The average molecular weight is 771 g/mol. The molecule has 0 unspecified atom stereocenters. The molecule has 4 aromatic rings. The maximum Gasteiger partial charge on any atom is 0.326 e. The molecule has 0 saturated heterocycles. The number of aliphatic carboxylic acids is 1. The van der Waals surface area contributed by atoms with Gasteiger partial charge in [0.25, 0.3) is 0 Å².